The molecule has 1 aliphatic rings. The van der Waals surface area contributed by atoms with Crippen LogP contribution in [0, 0.1) is 6.92 Å². The quantitative estimate of drug-likeness (QED) is 0.792. The number of carbonyl (C=O) groups is 2. The molecule has 1 fully saturated rings. The van der Waals surface area contributed by atoms with Crippen molar-refractivity contribution in [3.8, 4) is 0 Å². The van der Waals surface area contributed by atoms with E-state index in [0.29, 0.717) is 32.6 Å². The van der Waals surface area contributed by atoms with Crippen LogP contribution in [0.3, 0.4) is 0 Å². The fourth-order valence-corrected chi connectivity index (χ4v) is 3.82. The van der Waals surface area contributed by atoms with Crippen LogP contribution in [0.2, 0.25) is 0 Å². The predicted molar refractivity (Wildman–Crippen MR) is 81.2 cm³/mol. The van der Waals surface area contributed by atoms with Gasteiger partial charge in [0, 0.05) is 38.0 Å². The number of hydrogen-bond donors (Lipinski definition) is 0. The van der Waals surface area contributed by atoms with Crippen LogP contribution < -0.4 is 0 Å². The first-order valence-electron chi connectivity index (χ1n) is 6.55. The molecule has 5 nitrogen and oxygen atoms in total. The summed E-state index contributed by atoms with van der Waals surface area (Å²) in [5.41, 5.74) is 0.954. The molecule has 0 aliphatic carbocycles. The summed E-state index contributed by atoms with van der Waals surface area (Å²) in [6.07, 6.45) is 2.41. The van der Waals surface area contributed by atoms with Crippen LogP contribution in [0.15, 0.2) is 4.34 Å². The highest BCUT2D eigenvalue weighted by atomic mass is 32.2. The molecule has 1 aliphatic heterocycles. The van der Waals surface area contributed by atoms with Gasteiger partial charge in [-0.25, -0.2) is 4.98 Å². The zero-order valence-electron chi connectivity index (χ0n) is 12.0. The molecular weight excluding hydrogens is 294 g/mol. The van der Waals surface area contributed by atoms with Crippen molar-refractivity contribution in [2.75, 3.05) is 32.4 Å². The smallest absolute Gasteiger partial charge is 0.228 e. The second-order valence-electron chi connectivity index (χ2n) is 4.76. The van der Waals surface area contributed by atoms with Gasteiger partial charge in [-0.05, 0) is 13.2 Å². The van der Waals surface area contributed by atoms with Gasteiger partial charge < -0.3 is 9.80 Å². The van der Waals surface area contributed by atoms with Crippen molar-refractivity contribution >= 4 is 34.9 Å². The minimum Gasteiger partial charge on any atom is -0.339 e. The van der Waals surface area contributed by atoms with E-state index in [2.05, 4.69) is 4.98 Å². The third-order valence-corrected chi connectivity index (χ3v) is 5.58. The Hall–Kier alpha value is -1.08. The summed E-state index contributed by atoms with van der Waals surface area (Å²) in [6.45, 7) is 6.06. The van der Waals surface area contributed by atoms with Gasteiger partial charge in [0.05, 0.1) is 12.1 Å². The van der Waals surface area contributed by atoms with Crippen LogP contribution in [-0.2, 0) is 16.0 Å². The Bertz CT molecular complexity index is 508. The van der Waals surface area contributed by atoms with Crippen LogP contribution >= 0.6 is 23.1 Å². The number of piperazine rings is 1. The second-order valence-corrected chi connectivity index (χ2v) is 6.89. The number of hydrogen-bond acceptors (Lipinski definition) is 5. The van der Waals surface area contributed by atoms with E-state index in [1.54, 1.807) is 34.9 Å². The van der Waals surface area contributed by atoms with Crippen molar-refractivity contribution in [2.24, 2.45) is 0 Å². The van der Waals surface area contributed by atoms with Gasteiger partial charge in [0.15, 0.2) is 0 Å². The SMILES string of the molecule is CSc1nc(C)c(CC(=O)N2CCN(C(C)=O)CC2)s1. The summed E-state index contributed by atoms with van der Waals surface area (Å²) in [5.74, 6) is 0.215. The van der Waals surface area contributed by atoms with Crippen molar-refractivity contribution in [1.82, 2.24) is 14.8 Å². The molecule has 1 aromatic heterocycles. The van der Waals surface area contributed by atoms with Crippen molar-refractivity contribution in [3.63, 3.8) is 0 Å². The van der Waals surface area contributed by atoms with Crippen LogP contribution in [0.5, 0.6) is 0 Å². The number of nitrogens with zero attached hydrogens (tertiary/aromatic N) is 3. The van der Waals surface area contributed by atoms with Crippen LogP contribution in [0.1, 0.15) is 17.5 Å². The largest absolute Gasteiger partial charge is 0.339 e. The average molecular weight is 313 g/mol. The van der Waals surface area contributed by atoms with Gasteiger partial charge in [-0.2, -0.15) is 0 Å². The normalized spacial score (nSPS) is 15.6. The lowest BCUT2D eigenvalue weighted by molar-refractivity contribution is -0.137. The van der Waals surface area contributed by atoms with Crippen LogP contribution in [-0.4, -0.2) is 59.0 Å². The highest BCUT2D eigenvalue weighted by Crippen LogP contribution is 2.26. The zero-order chi connectivity index (χ0) is 14.7. The van der Waals surface area contributed by atoms with Gasteiger partial charge >= 0.3 is 0 Å². The van der Waals surface area contributed by atoms with Crippen LogP contribution in [0.25, 0.3) is 0 Å². The molecule has 0 atom stereocenters. The van der Waals surface area contributed by atoms with Gasteiger partial charge in [0.1, 0.15) is 4.34 Å². The Labute approximate surface area is 127 Å². The molecule has 20 heavy (non-hydrogen) atoms. The van der Waals surface area contributed by atoms with Gasteiger partial charge in [-0.1, -0.05) is 11.8 Å². The molecule has 1 aromatic rings. The van der Waals surface area contributed by atoms with E-state index in [-0.39, 0.29) is 11.8 Å². The van der Waals surface area contributed by atoms with Crippen molar-refractivity contribution in [2.45, 2.75) is 24.6 Å². The number of aryl methyl sites for hydroxylation is 1. The molecule has 0 saturated carbocycles. The zero-order valence-corrected chi connectivity index (χ0v) is 13.6. The summed E-state index contributed by atoms with van der Waals surface area (Å²) in [5, 5.41) is 0. The lowest BCUT2D eigenvalue weighted by Gasteiger charge is -2.34. The molecule has 2 heterocycles. The van der Waals surface area contributed by atoms with Gasteiger partial charge in [0.25, 0.3) is 0 Å². The Morgan fingerprint density at radius 1 is 1.25 bits per heavy atom. The topological polar surface area (TPSA) is 53.5 Å². The summed E-state index contributed by atoms with van der Waals surface area (Å²) in [7, 11) is 0. The van der Waals surface area contributed by atoms with E-state index < -0.39 is 0 Å². The predicted octanol–water partition coefficient (Wildman–Crippen LogP) is 1.41. The first-order valence-corrected chi connectivity index (χ1v) is 8.59. The Morgan fingerprint density at radius 3 is 2.35 bits per heavy atom. The number of thioether (sulfide) groups is 1. The Balaban J connectivity index is 1.92. The molecule has 2 amide bonds. The number of thiazole rings is 1. The first-order chi connectivity index (χ1) is 9.51. The Morgan fingerprint density at radius 2 is 1.85 bits per heavy atom. The summed E-state index contributed by atoms with van der Waals surface area (Å²) in [4.78, 5) is 32.6. The van der Waals surface area contributed by atoms with E-state index >= 15 is 0 Å². The lowest BCUT2D eigenvalue weighted by atomic mass is 10.2. The van der Waals surface area contributed by atoms with Gasteiger partial charge in [-0.15, -0.1) is 11.3 Å². The van der Waals surface area contributed by atoms with E-state index in [9.17, 15) is 9.59 Å². The average Bonchev–Trinajstić information content (AvgIpc) is 2.79. The fraction of sp³-hybridized carbons (Fsp3) is 0.615. The van der Waals surface area contributed by atoms with Gasteiger partial charge in [0.2, 0.25) is 11.8 Å². The van der Waals surface area contributed by atoms with Crippen molar-refractivity contribution in [3.05, 3.63) is 10.6 Å². The maximum absolute atomic E-state index is 12.3. The molecule has 1 saturated heterocycles. The molecular formula is C13H19N3O2S2. The van der Waals surface area contributed by atoms with E-state index in [4.69, 9.17) is 0 Å². The minimum atomic E-state index is 0.0833. The number of rotatable bonds is 3. The maximum atomic E-state index is 12.3. The van der Waals surface area contributed by atoms with E-state index in [1.165, 1.54) is 0 Å². The highest BCUT2D eigenvalue weighted by molar-refractivity contribution is 8.00. The monoisotopic (exact) mass is 313 g/mol. The minimum absolute atomic E-state index is 0.0833. The molecule has 2 rings (SSSR count). The highest BCUT2D eigenvalue weighted by Gasteiger charge is 2.23. The third-order valence-electron chi connectivity index (χ3n) is 3.44. The number of aromatic nitrogens is 1. The van der Waals surface area contributed by atoms with Crippen molar-refractivity contribution in [1.29, 1.82) is 0 Å². The standard InChI is InChI=1S/C13H19N3O2S2/c1-9-11(20-13(14-9)19-3)8-12(18)16-6-4-15(5-7-16)10(2)17/h4-8H2,1-3H3. The number of carbonyl (C=O) groups excluding carboxylic acids is 2. The fourth-order valence-electron chi connectivity index (χ4n) is 2.17. The lowest BCUT2D eigenvalue weighted by Crippen LogP contribution is -2.50. The van der Waals surface area contributed by atoms with E-state index in [0.717, 1.165) is 14.9 Å². The van der Waals surface area contributed by atoms with Crippen molar-refractivity contribution < 1.29 is 9.59 Å². The van der Waals surface area contributed by atoms with E-state index in [1.807, 2.05) is 18.1 Å². The second kappa shape index (κ2) is 6.58. The molecule has 0 spiro atoms. The maximum Gasteiger partial charge on any atom is 0.228 e. The molecule has 0 bridgehead atoms. The Kier molecular flexibility index (Phi) is 5.04. The van der Waals surface area contributed by atoms with Gasteiger partial charge in [-0.3, -0.25) is 9.59 Å². The molecule has 7 heteroatoms. The molecule has 0 aromatic carbocycles. The number of amides is 2. The summed E-state index contributed by atoms with van der Waals surface area (Å²) in [6, 6.07) is 0. The summed E-state index contributed by atoms with van der Waals surface area (Å²) >= 11 is 3.21. The molecule has 0 N–H and O–H groups in total. The molecule has 0 radical (unpaired) electrons. The van der Waals surface area contributed by atoms with Crippen LogP contribution in [0.4, 0.5) is 0 Å². The summed E-state index contributed by atoms with van der Waals surface area (Å²) < 4.78 is 1.01. The third kappa shape index (κ3) is 3.52. The molecule has 0 unspecified atom stereocenters. The first kappa shape index (κ1) is 15.3. The molecule has 110 valence electrons.